The summed E-state index contributed by atoms with van der Waals surface area (Å²) >= 11 is 1.40. The van der Waals surface area contributed by atoms with Crippen LogP contribution in [0.3, 0.4) is 0 Å². The van der Waals surface area contributed by atoms with Gasteiger partial charge in [-0.15, -0.1) is 0 Å². The number of H-pyrrole nitrogens is 1. The average molecular weight is 158 g/mol. The Hall–Kier alpha value is -0.610. The summed E-state index contributed by atoms with van der Waals surface area (Å²) < 4.78 is 2.62. The lowest BCUT2D eigenvalue weighted by molar-refractivity contribution is 0.843. The van der Waals surface area contributed by atoms with Crippen molar-refractivity contribution in [3.63, 3.8) is 0 Å². The second kappa shape index (κ2) is 3.53. The van der Waals surface area contributed by atoms with E-state index in [9.17, 15) is 4.79 Å². The molecule has 1 heterocycles. The number of aromatic nitrogens is 1. The molecule has 3 nitrogen and oxygen atoms in total. The summed E-state index contributed by atoms with van der Waals surface area (Å²) in [4.78, 5) is 11.7. The van der Waals surface area contributed by atoms with Crippen molar-refractivity contribution in [3.8, 4) is 0 Å². The van der Waals surface area contributed by atoms with Gasteiger partial charge in [-0.1, -0.05) is 11.5 Å². The molecular formula is C6H10N2OS. The monoisotopic (exact) mass is 158 g/mol. The van der Waals surface area contributed by atoms with Gasteiger partial charge in [0.25, 0.3) is 5.56 Å². The zero-order valence-corrected chi connectivity index (χ0v) is 6.41. The molecule has 0 saturated heterocycles. The predicted octanol–water partition coefficient (Wildman–Crippen LogP) is 0.328. The molecule has 0 bridgehead atoms. The number of aryl methyl sites for hydroxylation is 1. The topological polar surface area (TPSA) is 58.9 Å². The fraction of sp³-hybridized carbons (Fsp3) is 0.500. The van der Waals surface area contributed by atoms with Gasteiger partial charge in [-0.3, -0.25) is 9.17 Å². The van der Waals surface area contributed by atoms with E-state index in [1.54, 1.807) is 6.07 Å². The molecule has 10 heavy (non-hydrogen) atoms. The summed E-state index contributed by atoms with van der Waals surface area (Å²) in [7, 11) is 0. The standard InChI is InChI=1S/C6H10N2OS/c7-3-1-2-5-4-6(9)8-10-5/h4H,1-3,7H2,(H,8,9). The van der Waals surface area contributed by atoms with Crippen LogP contribution in [0.2, 0.25) is 0 Å². The lowest BCUT2D eigenvalue weighted by Crippen LogP contribution is -1.99. The van der Waals surface area contributed by atoms with Crippen molar-refractivity contribution >= 4 is 11.5 Å². The molecule has 0 aliphatic heterocycles. The minimum atomic E-state index is -0.00276. The van der Waals surface area contributed by atoms with Gasteiger partial charge in [-0.25, -0.2) is 0 Å². The van der Waals surface area contributed by atoms with Crippen molar-refractivity contribution in [2.75, 3.05) is 6.54 Å². The predicted molar refractivity (Wildman–Crippen MR) is 42.3 cm³/mol. The van der Waals surface area contributed by atoms with Crippen LogP contribution < -0.4 is 11.3 Å². The highest BCUT2D eigenvalue weighted by Gasteiger charge is 1.94. The molecule has 1 aromatic heterocycles. The first-order chi connectivity index (χ1) is 4.83. The zero-order chi connectivity index (χ0) is 7.40. The minimum absolute atomic E-state index is 0.00276. The summed E-state index contributed by atoms with van der Waals surface area (Å²) in [5.74, 6) is 0. The zero-order valence-electron chi connectivity index (χ0n) is 5.59. The number of rotatable bonds is 3. The van der Waals surface area contributed by atoms with Crippen LogP contribution >= 0.6 is 11.5 Å². The SMILES string of the molecule is NCCCc1cc(=O)[nH]s1. The highest BCUT2D eigenvalue weighted by atomic mass is 32.1. The molecule has 4 heteroatoms. The highest BCUT2D eigenvalue weighted by Crippen LogP contribution is 2.02. The van der Waals surface area contributed by atoms with E-state index in [2.05, 4.69) is 4.37 Å². The molecule has 0 unspecified atom stereocenters. The molecule has 0 aliphatic carbocycles. The van der Waals surface area contributed by atoms with Crippen LogP contribution in [0.5, 0.6) is 0 Å². The Bertz CT molecular complexity index is 240. The van der Waals surface area contributed by atoms with Crippen molar-refractivity contribution < 1.29 is 0 Å². The molecular weight excluding hydrogens is 148 g/mol. The number of nitrogens with two attached hydrogens (primary N) is 1. The second-order valence-electron chi connectivity index (χ2n) is 2.07. The van der Waals surface area contributed by atoms with Gasteiger partial charge in [0.2, 0.25) is 0 Å². The van der Waals surface area contributed by atoms with E-state index in [4.69, 9.17) is 5.73 Å². The molecule has 0 radical (unpaired) electrons. The van der Waals surface area contributed by atoms with Gasteiger partial charge in [-0.2, -0.15) is 0 Å². The molecule has 0 aliphatic rings. The third-order valence-electron chi connectivity index (χ3n) is 1.20. The van der Waals surface area contributed by atoms with Gasteiger partial charge in [0.05, 0.1) is 0 Å². The quantitative estimate of drug-likeness (QED) is 0.666. The highest BCUT2D eigenvalue weighted by molar-refractivity contribution is 7.05. The Kier molecular flexibility index (Phi) is 2.65. The van der Waals surface area contributed by atoms with Crippen molar-refractivity contribution in [2.24, 2.45) is 5.73 Å². The van der Waals surface area contributed by atoms with E-state index in [1.807, 2.05) is 0 Å². The van der Waals surface area contributed by atoms with Crippen LogP contribution in [0.15, 0.2) is 10.9 Å². The van der Waals surface area contributed by atoms with E-state index in [0.29, 0.717) is 6.54 Å². The number of hydrogen-bond acceptors (Lipinski definition) is 3. The Labute approximate surface area is 63.0 Å². The van der Waals surface area contributed by atoms with Gasteiger partial charge < -0.3 is 5.73 Å². The second-order valence-corrected chi connectivity index (χ2v) is 3.00. The largest absolute Gasteiger partial charge is 0.330 e. The Morgan fingerprint density at radius 1 is 1.70 bits per heavy atom. The first-order valence-corrected chi connectivity index (χ1v) is 4.02. The van der Waals surface area contributed by atoms with Gasteiger partial charge in [0.15, 0.2) is 0 Å². The maximum absolute atomic E-state index is 10.6. The van der Waals surface area contributed by atoms with E-state index in [-0.39, 0.29) is 5.56 Å². The smallest absolute Gasteiger partial charge is 0.258 e. The van der Waals surface area contributed by atoms with Gasteiger partial charge in [0.1, 0.15) is 0 Å². The fourth-order valence-corrected chi connectivity index (χ4v) is 1.42. The molecule has 0 atom stereocenters. The molecule has 1 aromatic rings. The third kappa shape index (κ3) is 1.97. The van der Waals surface area contributed by atoms with E-state index >= 15 is 0 Å². The number of aromatic amines is 1. The van der Waals surface area contributed by atoms with Crippen LogP contribution in [0, 0.1) is 0 Å². The lowest BCUT2D eigenvalue weighted by atomic mass is 10.3. The number of hydrogen-bond donors (Lipinski definition) is 2. The fourth-order valence-electron chi connectivity index (χ4n) is 0.720. The summed E-state index contributed by atoms with van der Waals surface area (Å²) in [6, 6.07) is 1.63. The molecule has 0 amide bonds. The van der Waals surface area contributed by atoms with Gasteiger partial charge >= 0.3 is 0 Å². The third-order valence-corrected chi connectivity index (χ3v) is 2.09. The molecule has 0 aromatic carbocycles. The summed E-state index contributed by atoms with van der Waals surface area (Å²) in [6.07, 6.45) is 1.87. The van der Waals surface area contributed by atoms with Crippen molar-refractivity contribution in [3.05, 3.63) is 21.3 Å². The minimum Gasteiger partial charge on any atom is -0.330 e. The van der Waals surface area contributed by atoms with Crippen LogP contribution in [0.4, 0.5) is 0 Å². The van der Waals surface area contributed by atoms with Crippen molar-refractivity contribution in [1.29, 1.82) is 0 Å². The van der Waals surface area contributed by atoms with E-state index in [1.165, 1.54) is 11.5 Å². The first-order valence-electron chi connectivity index (χ1n) is 3.20. The maximum atomic E-state index is 10.6. The lowest BCUT2D eigenvalue weighted by Gasteiger charge is -1.89. The number of nitrogens with one attached hydrogen (secondary N) is 1. The van der Waals surface area contributed by atoms with Crippen molar-refractivity contribution in [2.45, 2.75) is 12.8 Å². The Morgan fingerprint density at radius 2 is 2.50 bits per heavy atom. The molecule has 0 spiro atoms. The van der Waals surface area contributed by atoms with Crippen LogP contribution in [0.25, 0.3) is 0 Å². The average Bonchev–Trinajstić information content (AvgIpc) is 2.31. The summed E-state index contributed by atoms with van der Waals surface area (Å²) in [6.45, 7) is 0.687. The van der Waals surface area contributed by atoms with Crippen LogP contribution in [-0.2, 0) is 6.42 Å². The molecule has 0 fully saturated rings. The van der Waals surface area contributed by atoms with E-state index < -0.39 is 0 Å². The molecule has 3 N–H and O–H groups in total. The molecule has 0 saturated carbocycles. The Morgan fingerprint density at radius 3 is 3.00 bits per heavy atom. The van der Waals surface area contributed by atoms with Gasteiger partial charge in [0, 0.05) is 10.9 Å². The van der Waals surface area contributed by atoms with E-state index in [0.717, 1.165) is 17.7 Å². The molecule has 56 valence electrons. The molecule has 1 rings (SSSR count). The summed E-state index contributed by atoms with van der Waals surface area (Å²) in [5.41, 5.74) is 5.30. The maximum Gasteiger partial charge on any atom is 0.258 e. The van der Waals surface area contributed by atoms with Crippen LogP contribution in [0.1, 0.15) is 11.3 Å². The summed E-state index contributed by atoms with van der Waals surface area (Å²) in [5, 5.41) is 0. The van der Waals surface area contributed by atoms with Gasteiger partial charge in [-0.05, 0) is 19.4 Å². The Balaban J connectivity index is 2.50. The van der Waals surface area contributed by atoms with Crippen LogP contribution in [-0.4, -0.2) is 10.9 Å². The van der Waals surface area contributed by atoms with Crippen molar-refractivity contribution in [1.82, 2.24) is 4.37 Å². The normalized spacial score (nSPS) is 10.1. The first kappa shape index (κ1) is 7.50.